The van der Waals surface area contributed by atoms with Crippen LogP contribution in [0.3, 0.4) is 0 Å². The molecule has 1 aromatic carbocycles. The highest BCUT2D eigenvalue weighted by molar-refractivity contribution is 5.35. The molecule has 0 saturated heterocycles. The molecule has 0 heterocycles. The minimum absolute atomic E-state index is 0.509. The fraction of sp³-hybridized carbons (Fsp3) is 0.625. The molecule has 96 valence electrons. The summed E-state index contributed by atoms with van der Waals surface area (Å²) in [4.78, 5) is 0. The van der Waals surface area contributed by atoms with Gasteiger partial charge >= 0.3 is 0 Å². The van der Waals surface area contributed by atoms with Crippen molar-refractivity contribution in [3.63, 3.8) is 0 Å². The topological polar surface area (TPSA) is 12.0 Å². The van der Waals surface area contributed by atoms with E-state index in [-0.39, 0.29) is 0 Å². The molecule has 0 amide bonds. The van der Waals surface area contributed by atoms with Crippen molar-refractivity contribution in [1.29, 1.82) is 0 Å². The molecule has 0 radical (unpaired) electrons. The highest BCUT2D eigenvalue weighted by Crippen LogP contribution is 2.30. The van der Waals surface area contributed by atoms with E-state index in [0.717, 1.165) is 12.5 Å². The van der Waals surface area contributed by atoms with Crippen molar-refractivity contribution in [3.8, 4) is 0 Å². The van der Waals surface area contributed by atoms with Crippen molar-refractivity contribution < 1.29 is 0 Å². The molecule has 1 unspecified atom stereocenters. The average molecular weight is 233 g/mol. The Bertz CT molecular complexity index is 339. The summed E-state index contributed by atoms with van der Waals surface area (Å²) in [6, 6.07) is 7.18. The third-order valence-corrected chi connectivity index (χ3v) is 3.93. The molecule has 0 aliphatic carbocycles. The molecule has 1 heteroatoms. The molecule has 0 saturated carbocycles. The monoisotopic (exact) mass is 233 g/mol. The van der Waals surface area contributed by atoms with E-state index in [1.165, 1.54) is 29.5 Å². The number of hydrogen-bond acceptors (Lipinski definition) is 1. The fourth-order valence-electron chi connectivity index (χ4n) is 2.62. The summed E-state index contributed by atoms with van der Waals surface area (Å²) in [5.41, 5.74) is 4.34. The van der Waals surface area contributed by atoms with Crippen molar-refractivity contribution in [2.45, 2.75) is 53.5 Å². The Balaban J connectivity index is 3.08. The van der Waals surface area contributed by atoms with Gasteiger partial charge in [0.15, 0.2) is 0 Å². The molecular weight excluding hydrogens is 206 g/mol. The lowest BCUT2D eigenvalue weighted by Gasteiger charge is -2.28. The lowest BCUT2D eigenvalue weighted by atomic mass is 9.85. The van der Waals surface area contributed by atoms with Crippen LogP contribution in [0.2, 0.25) is 0 Å². The van der Waals surface area contributed by atoms with Crippen LogP contribution in [0.25, 0.3) is 0 Å². The van der Waals surface area contributed by atoms with Crippen LogP contribution in [-0.2, 0) is 0 Å². The average Bonchev–Trinajstić information content (AvgIpc) is 2.33. The van der Waals surface area contributed by atoms with E-state index < -0.39 is 0 Å². The second-order valence-corrected chi connectivity index (χ2v) is 4.90. The quantitative estimate of drug-likeness (QED) is 0.768. The first-order valence-corrected chi connectivity index (χ1v) is 6.95. The minimum atomic E-state index is 0.509. The van der Waals surface area contributed by atoms with E-state index in [1.807, 2.05) is 0 Å². The second kappa shape index (κ2) is 6.80. The number of hydrogen-bond donors (Lipinski definition) is 1. The van der Waals surface area contributed by atoms with Crippen LogP contribution in [0.4, 0.5) is 0 Å². The van der Waals surface area contributed by atoms with Crippen molar-refractivity contribution in [2.75, 3.05) is 6.54 Å². The predicted octanol–water partition coefficient (Wildman–Crippen LogP) is 4.39. The maximum Gasteiger partial charge on any atom is 0.0351 e. The van der Waals surface area contributed by atoms with Crippen molar-refractivity contribution in [1.82, 2.24) is 5.32 Å². The van der Waals surface area contributed by atoms with E-state index in [0.29, 0.717) is 6.04 Å². The fourth-order valence-corrected chi connectivity index (χ4v) is 2.62. The summed E-state index contributed by atoms with van der Waals surface area (Å²) < 4.78 is 0. The molecule has 1 rings (SSSR count). The number of rotatable bonds is 6. The van der Waals surface area contributed by atoms with Crippen LogP contribution in [0.5, 0.6) is 0 Å². The SMILES string of the molecule is CCNC(c1cccc(C)c1C)C(CC)CC. The maximum absolute atomic E-state index is 3.67. The molecule has 0 aliphatic rings. The van der Waals surface area contributed by atoms with Crippen LogP contribution in [-0.4, -0.2) is 6.54 Å². The summed E-state index contributed by atoms with van der Waals surface area (Å²) in [5.74, 6) is 0.732. The van der Waals surface area contributed by atoms with Gasteiger partial charge in [0.05, 0.1) is 0 Å². The summed E-state index contributed by atoms with van der Waals surface area (Å²) >= 11 is 0. The molecule has 1 aromatic rings. The molecular formula is C16H27N. The zero-order valence-electron chi connectivity index (χ0n) is 12.0. The van der Waals surface area contributed by atoms with Gasteiger partial charge in [0, 0.05) is 6.04 Å². The summed E-state index contributed by atoms with van der Waals surface area (Å²) in [7, 11) is 0. The van der Waals surface area contributed by atoms with Crippen LogP contribution < -0.4 is 5.32 Å². The van der Waals surface area contributed by atoms with Gasteiger partial charge < -0.3 is 5.32 Å². The van der Waals surface area contributed by atoms with Gasteiger partial charge in [0.25, 0.3) is 0 Å². The number of aryl methyl sites for hydroxylation is 1. The van der Waals surface area contributed by atoms with Crippen LogP contribution in [0.15, 0.2) is 18.2 Å². The molecule has 0 fully saturated rings. The Kier molecular flexibility index (Phi) is 5.70. The normalized spacial score (nSPS) is 13.1. The predicted molar refractivity (Wildman–Crippen MR) is 76.4 cm³/mol. The second-order valence-electron chi connectivity index (χ2n) is 4.90. The van der Waals surface area contributed by atoms with E-state index >= 15 is 0 Å². The lowest BCUT2D eigenvalue weighted by molar-refractivity contribution is 0.345. The van der Waals surface area contributed by atoms with Gasteiger partial charge in [-0.25, -0.2) is 0 Å². The molecule has 0 bridgehead atoms. The maximum atomic E-state index is 3.67. The highest BCUT2D eigenvalue weighted by Gasteiger charge is 2.21. The van der Waals surface area contributed by atoms with Crippen molar-refractivity contribution >= 4 is 0 Å². The Morgan fingerprint density at radius 2 is 1.71 bits per heavy atom. The third-order valence-electron chi connectivity index (χ3n) is 3.93. The van der Waals surface area contributed by atoms with Gasteiger partial charge in [0.1, 0.15) is 0 Å². The number of benzene rings is 1. The molecule has 0 aliphatic heterocycles. The van der Waals surface area contributed by atoms with E-state index in [2.05, 4.69) is 58.1 Å². The lowest BCUT2D eigenvalue weighted by Crippen LogP contribution is -2.28. The Hall–Kier alpha value is -0.820. The van der Waals surface area contributed by atoms with Crippen molar-refractivity contribution in [2.24, 2.45) is 5.92 Å². The summed E-state index contributed by atoms with van der Waals surface area (Å²) in [6.07, 6.45) is 2.48. The Morgan fingerprint density at radius 1 is 1.06 bits per heavy atom. The Labute approximate surface area is 107 Å². The largest absolute Gasteiger partial charge is 0.310 e. The molecule has 1 N–H and O–H groups in total. The first kappa shape index (κ1) is 14.2. The first-order valence-electron chi connectivity index (χ1n) is 6.95. The van der Waals surface area contributed by atoms with Gasteiger partial charge in [-0.3, -0.25) is 0 Å². The number of nitrogens with one attached hydrogen (secondary N) is 1. The standard InChI is InChI=1S/C16H27N/c1-6-14(7-2)16(17-8-3)15-11-9-10-12(4)13(15)5/h9-11,14,16-17H,6-8H2,1-5H3. The molecule has 0 spiro atoms. The third kappa shape index (κ3) is 3.32. The van der Waals surface area contributed by atoms with Crippen LogP contribution in [0.1, 0.15) is 56.3 Å². The van der Waals surface area contributed by atoms with Gasteiger partial charge in [-0.05, 0) is 43.0 Å². The van der Waals surface area contributed by atoms with Gasteiger partial charge in [-0.15, -0.1) is 0 Å². The van der Waals surface area contributed by atoms with Gasteiger partial charge in [-0.2, -0.15) is 0 Å². The zero-order chi connectivity index (χ0) is 12.8. The molecule has 1 nitrogen and oxygen atoms in total. The van der Waals surface area contributed by atoms with Gasteiger partial charge in [-0.1, -0.05) is 51.8 Å². The highest BCUT2D eigenvalue weighted by atomic mass is 14.9. The van der Waals surface area contributed by atoms with E-state index in [1.54, 1.807) is 0 Å². The van der Waals surface area contributed by atoms with E-state index in [9.17, 15) is 0 Å². The Morgan fingerprint density at radius 3 is 2.24 bits per heavy atom. The van der Waals surface area contributed by atoms with E-state index in [4.69, 9.17) is 0 Å². The van der Waals surface area contributed by atoms with Crippen LogP contribution in [0, 0.1) is 19.8 Å². The molecule has 17 heavy (non-hydrogen) atoms. The smallest absolute Gasteiger partial charge is 0.0351 e. The summed E-state index contributed by atoms with van der Waals surface area (Å²) in [6.45, 7) is 12.3. The zero-order valence-corrected chi connectivity index (χ0v) is 12.0. The summed E-state index contributed by atoms with van der Waals surface area (Å²) in [5, 5.41) is 3.67. The van der Waals surface area contributed by atoms with Crippen molar-refractivity contribution in [3.05, 3.63) is 34.9 Å². The minimum Gasteiger partial charge on any atom is -0.310 e. The van der Waals surface area contributed by atoms with Crippen LogP contribution >= 0.6 is 0 Å². The first-order chi connectivity index (χ1) is 8.15. The van der Waals surface area contributed by atoms with Gasteiger partial charge in [0.2, 0.25) is 0 Å². The molecule has 1 atom stereocenters. The molecule has 0 aromatic heterocycles.